The van der Waals surface area contributed by atoms with Gasteiger partial charge in [0.15, 0.2) is 5.52 Å². The van der Waals surface area contributed by atoms with E-state index in [1.165, 1.54) is 11.2 Å². The molecule has 4 rings (SSSR count). The zero-order valence-corrected chi connectivity index (χ0v) is 16.2. The number of carbonyl (C=O) groups is 1. The average Bonchev–Trinajstić information content (AvgIpc) is 3.00. The molecule has 3 aromatic rings. The minimum atomic E-state index is -1.62. The van der Waals surface area contributed by atoms with Gasteiger partial charge in [-0.05, 0) is 31.2 Å². The zero-order chi connectivity index (χ0) is 20.4. The van der Waals surface area contributed by atoms with E-state index in [2.05, 4.69) is 26.8 Å². The van der Waals surface area contributed by atoms with E-state index in [1.54, 1.807) is 7.05 Å². The lowest BCUT2D eigenvalue weighted by Gasteiger charge is -2.13. The topological polar surface area (TPSA) is 88.4 Å². The number of fused-ring (bicyclic) bond motifs is 1. The molecule has 1 fully saturated rings. The number of likely N-dealkylation sites (N-methyl/N-ethyl adjacent to an activating group) is 1. The number of aliphatic hydroxyl groups is 1. The molecule has 1 unspecified atom stereocenters. The monoisotopic (exact) mass is 388 g/mol. The van der Waals surface area contributed by atoms with Crippen LogP contribution in [-0.2, 0) is 4.79 Å². The zero-order valence-electron chi connectivity index (χ0n) is 16.2. The Morgan fingerprint density at radius 1 is 1.28 bits per heavy atom. The number of carbonyl (C=O) groups excluding carboxylic acids is 1. The largest absolute Gasteiger partial charge is 0.476 e. The Balaban J connectivity index is 1.69. The molecular formula is C22H20N4O3. The van der Waals surface area contributed by atoms with Crippen LogP contribution in [0.25, 0.3) is 22.3 Å². The summed E-state index contributed by atoms with van der Waals surface area (Å²) in [6.45, 7) is 2.87. The first-order valence-electron chi connectivity index (χ1n) is 9.36. The van der Waals surface area contributed by atoms with Crippen molar-refractivity contribution in [3.05, 3.63) is 48.3 Å². The van der Waals surface area contributed by atoms with Crippen molar-refractivity contribution in [1.29, 1.82) is 0 Å². The van der Waals surface area contributed by atoms with E-state index in [-0.39, 0.29) is 5.91 Å². The molecule has 0 spiro atoms. The van der Waals surface area contributed by atoms with Crippen molar-refractivity contribution in [1.82, 2.24) is 19.9 Å². The lowest BCUT2D eigenvalue weighted by Crippen LogP contribution is -2.37. The highest BCUT2D eigenvalue weighted by molar-refractivity contribution is 5.90. The predicted octanol–water partition coefficient (Wildman–Crippen LogP) is 2.04. The number of benzene rings is 1. The minimum absolute atomic E-state index is 0.307. The standard InChI is InChI=1S/C22H20N4O3/c1-3-29-20-19-18(23-14-24-20)8-7-17(25-19)16-6-4-5-15(13-16)9-10-22(28)11-12-26(2)21(22)27/h4-8,13-14,28H,3,11-12H2,1-2H3. The molecule has 1 aromatic carbocycles. The summed E-state index contributed by atoms with van der Waals surface area (Å²) in [6, 6.07) is 11.2. The van der Waals surface area contributed by atoms with Crippen LogP contribution in [0.3, 0.4) is 0 Å². The first kappa shape index (κ1) is 18.8. The van der Waals surface area contributed by atoms with Crippen molar-refractivity contribution in [2.75, 3.05) is 20.2 Å². The average molecular weight is 388 g/mol. The van der Waals surface area contributed by atoms with Crippen molar-refractivity contribution in [3.8, 4) is 29.0 Å². The summed E-state index contributed by atoms with van der Waals surface area (Å²) < 4.78 is 5.56. The number of amides is 1. The van der Waals surface area contributed by atoms with E-state index >= 15 is 0 Å². The summed E-state index contributed by atoms with van der Waals surface area (Å²) in [7, 11) is 1.66. The Bertz CT molecular complexity index is 1150. The molecule has 1 aliphatic heterocycles. The summed E-state index contributed by atoms with van der Waals surface area (Å²) in [6.07, 6.45) is 1.76. The van der Waals surface area contributed by atoms with Crippen LogP contribution in [0.15, 0.2) is 42.7 Å². The first-order chi connectivity index (χ1) is 14.0. The highest BCUT2D eigenvalue weighted by Crippen LogP contribution is 2.25. The molecule has 3 heterocycles. The molecule has 1 saturated heterocycles. The lowest BCUT2D eigenvalue weighted by atomic mass is 10.0. The number of likely N-dealkylation sites (tertiary alicyclic amines) is 1. The van der Waals surface area contributed by atoms with Gasteiger partial charge in [0.2, 0.25) is 11.5 Å². The number of nitrogens with zero attached hydrogens (tertiary/aromatic N) is 4. The van der Waals surface area contributed by atoms with Crippen LogP contribution in [0.5, 0.6) is 5.88 Å². The molecule has 146 valence electrons. The third kappa shape index (κ3) is 3.62. The summed E-state index contributed by atoms with van der Waals surface area (Å²) >= 11 is 0. The molecule has 0 aliphatic carbocycles. The van der Waals surface area contributed by atoms with Crippen LogP contribution in [0.2, 0.25) is 0 Å². The van der Waals surface area contributed by atoms with Gasteiger partial charge in [0.05, 0.1) is 17.8 Å². The van der Waals surface area contributed by atoms with E-state index in [0.717, 1.165) is 11.3 Å². The quantitative estimate of drug-likeness (QED) is 0.691. The first-order valence-corrected chi connectivity index (χ1v) is 9.36. The molecule has 7 heteroatoms. The molecule has 0 bridgehead atoms. The van der Waals surface area contributed by atoms with E-state index in [1.807, 2.05) is 43.3 Å². The Morgan fingerprint density at radius 3 is 2.90 bits per heavy atom. The van der Waals surface area contributed by atoms with E-state index < -0.39 is 5.60 Å². The van der Waals surface area contributed by atoms with Crippen LogP contribution in [0.1, 0.15) is 18.9 Å². The molecule has 1 atom stereocenters. The normalized spacial score (nSPS) is 18.6. The van der Waals surface area contributed by atoms with Gasteiger partial charge in [-0.1, -0.05) is 24.0 Å². The predicted molar refractivity (Wildman–Crippen MR) is 108 cm³/mol. The maximum absolute atomic E-state index is 12.1. The van der Waals surface area contributed by atoms with Gasteiger partial charge in [-0.25, -0.2) is 9.97 Å². The van der Waals surface area contributed by atoms with Crippen molar-refractivity contribution in [2.24, 2.45) is 0 Å². The fourth-order valence-corrected chi connectivity index (χ4v) is 3.22. The Labute approximate surface area is 168 Å². The molecular weight excluding hydrogens is 368 g/mol. The molecule has 7 nitrogen and oxygen atoms in total. The molecule has 0 radical (unpaired) electrons. The van der Waals surface area contributed by atoms with Crippen LogP contribution in [0, 0.1) is 11.8 Å². The Hall–Kier alpha value is -3.50. The number of hydrogen-bond acceptors (Lipinski definition) is 6. The van der Waals surface area contributed by atoms with Crippen LogP contribution in [-0.4, -0.2) is 56.7 Å². The van der Waals surface area contributed by atoms with Crippen molar-refractivity contribution < 1.29 is 14.6 Å². The maximum Gasteiger partial charge on any atom is 0.267 e. The van der Waals surface area contributed by atoms with E-state index in [0.29, 0.717) is 42.0 Å². The fraction of sp³-hybridized carbons (Fsp3) is 0.273. The molecule has 1 N–H and O–H groups in total. The number of hydrogen-bond donors (Lipinski definition) is 1. The highest BCUT2D eigenvalue weighted by atomic mass is 16.5. The van der Waals surface area contributed by atoms with Gasteiger partial charge in [-0.15, -0.1) is 0 Å². The Morgan fingerprint density at radius 2 is 2.14 bits per heavy atom. The van der Waals surface area contributed by atoms with Gasteiger partial charge in [0.25, 0.3) is 5.91 Å². The van der Waals surface area contributed by atoms with Gasteiger partial charge in [0.1, 0.15) is 6.33 Å². The Kier molecular flexibility index (Phi) is 4.87. The van der Waals surface area contributed by atoms with Gasteiger partial charge >= 0.3 is 0 Å². The molecule has 1 amide bonds. The number of aromatic nitrogens is 3. The third-order valence-electron chi connectivity index (χ3n) is 4.81. The van der Waals surface area contributed by atoms with E-state index in [9.17, 15) is 9.90 Å². The number of pyridine rings is 1. The van der Waals surface area contributed by atoms with Gasteiger partial charge in [-0.3, -0.25) is 4.79 Å². The van der Waals surface area contributed by atoms with Gasteiger partial charge < -0.3 is 14.7 Å². The van der Waals surface area contributed by atoms with Gasteiger partial charge in [0, 0.05) is 31.1 Å². The van der Waals surface area contributed by atoms with Gasteiger partial charge in [-0.2, -0.15) is 4.98 Å². The minimum Gasteiger partial charge on any atom is -0.476 e. The summed E-state index contributed by atoms with van der Waals surface area (Å²) in [5.41, 5.74) is 1.95. The summed E-state index contributed by atoms with van der Waals surface area (Å²) in [5.74, 6) is 5.76. The molecule has 29 heavy (non-hydrogen) atoms. The second-order valence-electron chi connectivity index (χ2n) is 6.84. The fourth-order valence-electron chi connectivity index (χ4n) is 3.22. The van der Waals surface area contributed by atoms with Crippen LogP contribution < -0.4 is 4.74 Å². The smallest absolute Gasteiger partial charge is 0.267 e. The molecule has 2 aromatic heterocycles. The number of ether oxygens (including phenoxy) is 1. The van der Waals surface area contributed by atoms with Crippen LogP contribution >= 0.6 is 0 Å². The van der Waals surface area contributed by atoms with Crippen LogP contribution in [0.4, 0.5) is 0 Å². The summed E-state index contributed by atoms with van der Waals surface area (Å²) in [4.78, 5) is 26.6. The summed E-state index contributed by atoms with van der Waals surface area (Å²) in [5, 5.41) is 10.5. The molecule has 1 aliphatic rings. The number of rotatable bonds is 3. The third-order valence-corrected chi connectivity index (χ3v) is 4.81. The van der Waals surface area contributed by atoms with Crippen molar-refractivity contribution in [2.45, 2.75) is 18.9 Å². The second-order valence-corrected chi connectivity index (χ2v) is 6.84. The van der Waals surface area contributed by atoms with Crippen molar-refractivity contribution in [3.63, 3.8) is 0 Å². The second kappa shape index (κ2) is 7.49. The lowest BCUT2D eigenvalue weighted by molar-refractivity contribution is -0.137. The molecule has 0 saturated carbocycles. The highest BCUT2D eigenvalue weighted by Gasteiger charge is 2.42. The SMILES string of the molecule is CCOc1ncnc2ccc(-c3cccc(C#CC4(O)CCN(C)C4=O)c3)nc12. The van der Waals surface area contributed by atoms with Crippen molar-refractivity contribution >= 4 is 16.9 Å². The maximum atomic E-state index is 12.1. The van der Waals surface area contributed by atoms with E-state index in [4.69, 9.17) is 4.74 Å².